The number of nitrogens with one attached hydrogen (secondary N) is 1. The Morgan fingerprint density at radius 2 is 1.60 bits per heavy atom. The smallest absolute Gasteiger partial charge is 0.339 e. The van der Waals surface area contributed by atoms with Crippen LogP contribution >= 0.6 is 0 Å². The highest BCUT2D eigenvalue weighted by atomic mass is 32.2. The Morgan fingerprint density at radius 1 is 1.00 bits per heavy atom. The van der Waals surface area contributed by atoms with Gasteiger partial charge in [0.25, 0.3) is 0 Å². The number of hydrogen-bond acceptors (Lipinski definition) is 5. The summed E-state index contributed by atoms with van der Waals surface area (Å²) in [5.74, 6) is 5.53. The van der Waals surface area contributed by atoms with Crippen LogP contribution in [0.4, 0.5) is 5.69 Å². The van der Waals surface area contributed by atoms with Gasteiger partial charge in [-0.1, -0.05) is 23.8 Å². The van der Waals surface area contributed by atoms with E-state index in [1.54, 1.807) is 30.3 Å². The van der Waals surface area contributed by atoms with Crippen LogP contribution in [0.3, 0.4) is 0 Å². The minimum Gasteiger partial charge on any atom is -0.377 e. The van der Waals surface area contributed by atoms with Crippen molar-refractivity contribution in [2.24, 2.45) is 5.84 Å². The van der Waals surface area contributed by atoms with E-state index in [9.17, 15) is 8.42 Å². The summed E-state index contributed by atoms with van der Waals surface area (Å²) < 4.78 is 29.6. The minimum absolute atomic E-state index is 0.104. The van der Waals surface area contributed by atoms with E-state index in [2.05, 4.69) is 5.43 Å². The average Bonchev–Trinajstić information content (AvgIpc) is 2.39. The summed E-state index contributed by atoms with van der Waals surface area (Å²) in [4.78, 5) is 0.104. The van der Waals surface area contributed by atoms with Gasteiger partial charge in [-0.2, -0.15) is 8.42 Å². The quantitative estimate of drug-likeness (QED) is 0.513. The van der Waals surface area contributed by atoms with Gasteiger partial charge in [-0.15, -0.1) is 0 Å². The maximum absolute atomic E-state index is 12.2. The van der Waals surface area contributed by atoms with Crippen molar-refractivity contribution in [1.82, 2.24) is 0 Å². The minimum atomic E-state index is -3.87. The summed E-state index contributed by atoms with van der Waals surface area (Å²) in [6.07, 6.45) is 0. The highest BCUT2D eigenvalue weighted by molar-refractivity contribution is 7.87. The van der Waals surface area contributed by atoms with Crippen LogP contribution in [0.5, 0.6) is 5.75 Å². The standard InChI is InChI=1S/C14H16N2O3S/c1-10-3-6-12(7-4-10)20(17,18)19-14-9-11(2)5-8-13(14)16-15/h3-9,16H,15H2,1-2H3. The number of aryl methyl sites for hydroxylation is 2. The molecule has 0 saturated heterocycles. The molecule has 0 atom stereocenters. The molecule has 2 aromatic rings. The molecule has 2 rings (SSSR count). The van der Waals surface area contributed by atoms with Crippen LogP contribution in [0, 0.1) is 13.8 Å². The molecule has 0 aliphatic rings. The molecule has 6 heteroatoms. The largest absolute Gasteiger partial charge is 0.377 e. The number of hydrogen-bond donors (Lipinski definition) is 2. The third kappa shape index (κ3) is 3.09. The van der Waals surface area contributed by atoms with Gasteiger partial charge in [0, 0.05) is 0 Å². The fourth-order valence-corrected chi connectivity index (χ4v) is 2.63. The van der Waals surface area contributed by atoms with Gasteiger partial charge in [-0.3, -0.25) is 5.84 Å². The summed E-state index contributed by atoms with van der Waals surface area (Å²) in [6.45, 7) is 3.72. The van der Waals surface area contributed by atoms with E-state index in [4.69, 9.17) is 10.0 Å². The van der Waals surface area contributed by atoms with Gasteiger partial charge < -0.3 is 9.61 Å². The summed E-state index contributed by atoms with van der Waals surface area (Å²) >= 11 is 0. The lowest BCUT2D eigenvalue weighted by molar-refractivity contribution is 0.486. The predicted octanol–water partition coefficient (Wildman–Crippen LogP) is 2.36. The first-order chi connectivity index (χ1) is 9.42. The van der Waals surface area contributed by atoms with Gasteiger partial charge in [0.2, 0.25) is 0 Å². The third-order valence-corrected chi connectivity index (χ3v) is 4.05. The van der Waals surface area contributed by atoms with E-state index in [0.29, 0.717) is 5.69 Å². The second-order valence-corrected chi connectivity index (χ2v) is 6.04. The molecule has 0 radical (unpaired) electrons. The number of benzene rings is 2. The van der Waals surface area contributed by atoms with Crippen molar-refractivity contribution in [3.8, 4) is 5.75 Å². The van der Waals surface area contributed by atoms with Crippen molar-refractivity contribution in [2.45, 2.75) is 18.7 Å². The molecule has 3 N–H and O–H groups in total. The van der Waals surface area contributed by atoms with Gasteiger partial charge in [-0.25, -0.2) is 0 Å². The van der Waals surface area contributed by atoms with Gasteiger partial charge in [-0.05, 0) is 43.7 Å². The Labute approximate surface area is 118 Å². The van der Waals surface area contributed by atoms with Crippen LogP contribution < -0.4 is 15.5 Å². The Kier molecular flexibility index (Phi) is 3.96. The van der Waals surface area contributed by atoms with Crippen LogP contribution in [0.15, 0.2) is 47.4 Å². The van der Waals surface area contributed by atoms with Gasteiger partial charge in [0.1, 0.15) is 4.90 Å². The molecule has 0 fully saturated rings. The molecule has 0 saturated carbocycles. The molecule has 2 aromatic carbocycles. The van der Waals surface area contributed by atoms with Crippen LogP contribution in [0.25, 0.3) is 0 Å². The lowest BCUT2D eigenvalue weighted by Gasteiger charge is -2.12. The first-order valence-corrected chi connectivity index (χ1v) is 7.41. The zero-order valence-corrected chi connectivity index (χ0v) is 12.1. The van der Waals surface area contributed by atoms with E-state index in [1.165, 1.54) is 12.1 Å². The normalized spacial score (nSPS) is 11.2. The Morgan fingerprint density at radius 3 is 2.20 bits per heavy atom. The van der Waals surface area contributed by atoms with E-state index >= 15 is 0 Å². The van der Waals surface area contributed by atoms with Crippen molar-refractivity contribution in [3.63, 3.8) is 0 Å². The zero-order valence-electron chi connectivity index (χ0n) is 11.3. The van der Waals surface area contributed by atoms with Crippen molar-refractivity contribution in [3.05, 3.63) is 53.6 Å². The molecule has 5 nitrogen and oxygen atoms in total. The molecule has 0 aromatic heterocycles. The van der Waals surface area contributed by atoms with Gasteiger partial charge in [0.05, 0.1) is 5.69 Å². The first kappa shape index (κ1) is 14.4. The maximum atomic E-state index is 12.2. The summed E-state index contributed by atoms with van der Waals surface area (Å²) in [7, 11) is -3.87. The summed E-state index contributed by atoms with van der Waals surface area (Å²) in [6, 6.07) is 11.5. The number of nitrogen functional groups attached to an aromatic ring is 1. The molecule has 0 bridgehead atoms. The Bertz CT molecular complexity index is 710. The van der Waals surface area contributed by atoms with Crippen molar-refractivity contribution in [2.75, 3.05) is 5.43 Å². The van der Waals surface area contributed by atoms with Crippen molar-refractivity contribution < 1.29 is 12.6 Å². The summed E-state index contributed by atoms with van der Waals surface area (Å²) in [5.41, 5.74) is 4.67. The van der Waals surface area contributed by atoms with Gasteiger partial charge in [0.15, 0.2) is 5.75 Å². The number of hydrazine groups is 1. The fourth-order valence-electron chi connectivity index (χ4n) is 1.69. The Balaban J connectivity index is 2.37. The lowest BCUT2D eigenvalue weighted by atomic mass is 10.2. The molecular weight excluding hydrogens is 276 g/mol. The molecule has 0 aliphatic carbocycles. The van der Waals surface area contributed by atoms with Crippen molar-refractivity contribution in [1.29, 1.82) is 0 Å². The van der Waals surface area contributed by atoms with Crippen LogP contribution in [-0.2, 0) is 10.1 Å². The topological polar surface area (TPSA) is 81.4 Å². The van der Waals surface area contributed by atoms with E-state index in [-0.39, 0.29) is 10.6 Å². The van der Waals surface area contributed by atoms with E-state index in [1.807, 2.05) is 13.8 Å². The molecule has 106 valence electrons. The van der Waals surface area contributed by atoms with Crippen LogP contribution in [-0.4, -0.2) is 8.42 Å². The molecule has 0 aliphatic heterocycles. The predicted molar refractivity (Wildman–Crippen MR) is 78.0 cm³/mol. The van der Waals surface area contributed by atoms with Crippen molar-refractivity contribution >= 4 is 15.8 Å². The maximum Gasteiger partial charge on any atom is 0.339 e. The lowest BCUT2D eigenvalue weighted by Crippen LogP contribution is -2.13. The highest BCUT2D eigenvalue weighted by Gasteiger charge is 2.18. The third-order valence-electron chi connectivity index (χ3n) is 2.80. The van der Waals surface area contributed by atoms with E-state index < -0.39 is 10.1 Å². The average molecular weight is 292 g/mol. The van der Waals surface area contributed by atoms with Crippen LogP contribution in [0.2, 0.25) is 0 Å². The first-order valence-electron chi connectivity index (χ1n) is 6.01. The zero-order chi connectivity index (χ0) is 14.8. The van der Waals surface area contributed by atoms with E-state index in [0.717, 1.165) is 11.1 Å². The Hall–Kier alpha value is -2.05. The molecule has 0 heterocycles. The summed E-state index contributed by atoms with van der Waals surface area (Å²) in [5, 5.41) is 0. The monoisotopic (exact) mass is 292 g/mol. The number of anilines is 1. The molecule has 0 unspecified atom stereocenters. The second-order valence-electron chi connectivity index (χ2n) is 4.49. The fraction of sp³-hybridized carbons (Fsp3) is 0.143. The SMILES string of the molecule is Cc1ccc(S(=O)(=O)Oc2cc(C)ccc2NN)cc1. The molecule has 20 heavy (non-hydrogen) atoms. The van der Waals surface area contributed by atoms with Crippen LogP contribution in [0.1, 0.15) is 11.1 Å². The number of nitrogens with two attached hydrogens (primary N) is 1. The van der Waals surface area contributed by atoms with Gasteiger partial charge >= 0.3 is 10.1 Å². The molecule has 0 amide bonds. The second kappa shape index (κ2) is 5.52. The molecular formula is C14H16N2O3S. The number of rotatable bonds is 4. The molecule has 0 spiro atoms. The highest BCUT2D eigenvalue weighted by Crippen LogP contribution is 2.28.